The largest absolute Gasteiger partial charge is 0.493 e. The second-order valence-corrected chi connectivity index (χ2v) is 6.42. The Hall–Kier alpha value is -2.61. The highest BCUT2D eigenvalue weighted by molar-refractivity contribution is 7.14. The van der Waals surface area contributed by atoms with Crippen LogP contribution in [-0.2, 0) is 6.54 Å². The Morgan fingerprint density at radius 3 is 2.46 bits per heavy atom. The lowest BCUT2D eigenvalue weighted by Crippen LogP contribution is -2.25. The zero-order chi connectivity index (χ0) is 17.9. The molecule has 0 saturated heterocycles. The third kappa shape index (κ3) is 3.65. The molecule has 1 amide bonds. The topological polar surface area (TPSA) is 81.9 Å². The molecule has 0 aliphatic carbocycles. The van der Waals surface area contributed by atoms with E-state index in [2.05, 4.69) is 0 Å². The summed E-state index contributed by atoms with van der Waals surface area (Å²) >= 11 is 1.13. The highest BCUT2D eigenvalue weighted by Gasteiger charge is 2.22. The molecule has 0 atom stereocenters. The highest BCUT2D eigenvalue weighted by Crippen LogP contribution is 2.30. The number of carbonyl (C=O) groups excluding carboxylic acids is 1. The maximum absolute atomic E-state index is 12.5. The molecular formula is C16H18N2O5S. The number of ether oxygens (including phenoxy) is 2. The van der Waals surface area contributed by atoms with Gasteiger partial charge < -0.3 is 14.4 Å². The van der Waals surface area contributed by atoms with Gasteiger partial charge in [-0.05, 0) is 24.6 Å². The Morgan fingerprint density at radius 1 is 1.25 bits per heavy atom. The van der Waals surface area contributed by atoms with Crippen molar-refractivity contribution in [2.75, 3.05) is 21.3 Å². The zero-order valence-corrected chi connectivity index (χ0v) is 14.7. The van der Waals surface area contributed by atoms with Crippen molar-refractivity contribution >= 4 is 22.9 Å². The third-order valence-corrected chi connectivity index (χ3v) is 4.54. The van der Waals surface area contributed by atoms with E-state index in [0.717, 1.165) is 16.9 Å². The number of benzene rings is 1. The summed E-state index contributed by atoms with van der Waals surface area (Å²) in [6.07, 6.45) is 0. The van der Waals surface area contributed by atoms with Gasteiger partial charge in [0.25, 0.3) is 11.6 Å². The number of hydrogen-bond donors (Lipinski definition) is 0. The van der Waals surface area contributed by atoms with Crippen LogP contribution in [0.15, 0.2) is 24.3 Å². The quantitative estimate of drug-likeness (QED) is 0.590. The summed E-state index contributed by atoms with van der Waals surface area (Å²) in [4.78, 5) is 25.3. The minimum absolute atomic E-state index is 0.0251. The molecule has 0 aliphatic heterocycles. The van der Waals surface area contributed by atoms with Crippen LogP contribution in [0.4, 0.5) is 5.69 Å². The van der Waals surface area contributed by atoms with Crippen LogP contribution in [-0.4, -0.2) is 37.0 Å². The van der Waals surface area contributed by atoms with E-state index in [4.69, 9.17) is 9.47 Å². The summed E-state index contributed by atoms with van der Waals surface area (Å²) in [5.74, 6) is 0.934. The number of amides is 1. The van der Waals surface area contributed by atoms with Gasteiger partial charge in [0.15, 0.2) is 11.5 Å². The van der Waals surface area contributed by atoms with E-state index in [1.807, 2.05) is 6.07 Å². The first kappa shape index (κ1) is 17.7. The van der Waals surface area contributed by atoms with Gasteiger partial charge in [-0.15, -0.1) is 11.3 Å². The number of nitro groups is 1. The second-order valence-electron chi connectivity index (χ2n) is 5.16. The maximum Gasteiger partial charge on any atom is 0.283 e. The first-order valence-corrected chi connectivity index (χ1v) is 7.90. The van der Waals surface area contributed by atoms with E-state index >= 15 is 0 Å². The van der Waals surface area contributed by atoms with E-state index in [1.165, 1.54) is 11.0 Å². The Labute approximate surface area is 143 Å². The van der Waals surface area contributed by atoms with Gasteiger partial charge in [0.05, 0.1) is 28.9 Å². The summed E-state index contributed by atoms with van der Waals surface area (Å²) in [6.45, 7) is 1.98. The summed E-state index contributed by atoms with van der Waals surface area (Å²) < 4.78 is 10.4. The Kier molecular flexibility index (Phi) is 5.40. The van der Waals surface area contributed by atoms with Gasteiger partial charge in [-0.25, -0.2) is 0 Å². The highest BCUT2D eigenvalue weighted by atomic mass is 32.1. The number of carbonyl (C=O) groups is 1. The van der Waals surface area contributed by atoms with Crippen molar-refractivity contribution in [3.63, 3.8) is 0 Å². The number of nitrogens with zero attached hydrogens (tertiary/aromatic N) is 2. The SMILES string of the molecule is COc1ccc(CN(C)C(=O)c2cc([N+](=O)[O-])c(C)s2)cc1OC. The summed E-state index contributed by atoms with van der Waals surface area (Å²) in [5, 5.41) is 10.9. The Balaban J connectivity index is 2.17. The fourth-order valence-corrected chi connectivity index (χ4v) is 3.25. The van der Waals surface area contributed by atoms with E-state index in [-0.39, 0.29) is 11.6 Å². The first-order valence-electron chi connectivity index (χ1n) is 7.08. The van der Waals surface area contributed by atoms with E-state index in [1.54, 1.807) is 40.3 Å². The van der Waals surface area contributed by atoms with Crippen LogP contribution in [0.5, 0.6) is 11.5 Å². The molecule has 1 aromatic carbocycles. The number of rotatable bonds is 6. The number of hydrogen-bond acceptors (Lipinski definition) is 6. The summed E-state index contributed by atoms with van der Waals surface area (Å²) in [6, 6.07) is 6.73. The average Bonchev–Trinajstić information content (AvgIpc) is 2.95. The van der Waals surface area contributed by atoms with Crippen molar-refractivity contribution in [2.45, 2.75) is 13.5 Å². The predicted octanol–water partition coefficient (Wildman–Crippen LogP) is 3.25. The van der Waals surface area contributed by atoms with Crippen molar-refractivity contribution in [3.8, 4) is 11.5 Å². The van der Waals surface area contributed by atoms with Gasteiger partial charge in [0, 0.05) is 19.7 Å². The van der Waals surface area contributed by atoms with Gasteiger partial charge >= 0.3 is 0 Å². The lowest BCUT2D eigenvalue weighted by molar-refractivity contribution is -0.385. The molecule has 0 N–H and O–H groups in total. The molecule has 0 radical (unpaired) electrons. The molecule has 128 valence electrons. The lowest BCUT2D eigenvalue weighted by Gasteiger charge is -2.17. The van der Waals surface area contributed by atoms with Crippen LogP contribution in [0.3, 0.4) is 0 Å². The molecular weight excluding hydrogens is 332 g/mol. The molecule has 2 aromatic rings. The van der Waals surface area contributed by atoms with Crippen molar-refractivity contribution in [3.05, 3.63) is 49.7 Å². The fraction of sp³-hybridized carbons (Fsp3) is 0.312. The molecule has 0 aliphatic rings. The van der Waals surface area contributed by atoms with Gasteiger partial charge in [-0.3, -0.25) is 14.9 Å². The van der Waals surface area contributed by atoms with Crippen LogP contribution >= 0.6 is 11.3 Å². The fourth-order valence-electron chi connectivity index (χ4n) is 2.27. The zero-order valence-electron chi connectivity index (χ0n) is 13.9. The standard InChI is InChI=1S/C16H18N2O5S/c1-10-12(18(20)21)8-15(24-10)16(19)17(2)9-11-5-6-13(22-3)14(7-11)23-4/h5-8H,9H2,1-4H3. The second kappa shape index (κ2) is 7.31. The average molecular weight is 350 g/mol. The normalized spacial score (nSPS) is 10.3. The molecule has 8 heteroatoms. The van der Waals surface area contributed by atoms with Crippen molar-refractivity contribution in [1.82, 2.24) is 4.90 Å². The minimum atomic E-state index is -0.475. The van der Waals surface area contributed by atoms with Crippen LogP contribution < -0.4 is 9.47 Å². The molecule has 2 rings (SSSR count). The molecule has 1 aromatic heterocycles. The van der Waals surface area contributed by atoms with Crippen LogP contribution in [0.1, 0.15) is 20.1 Å². The van der Waals surface area contributed by atoms with Gasteiger partial charge in [-0.1, -0.05) is 6.07 Å². The van der Waals surface area contributed by atoms with Gasteiger partial charge in [0.2, 0.25) is 0 Å². The van der Waals surface area contributed by atoms with Gasteiger partial charge in [0.1, 0.15) is 0 Å². The summed E-state index contributed by atoms with van der Waals surface area (Å²) in [5.41, 5.74) is 0.842. The molecule has 0 fully saturated rings. The van der Waals surface area contributed by atoms with Gasteiger partial charge in [-0.2, -0.15) is 0 Å². The molecule has 0 spiro atoms. The van der Waals surface area contributed by atoms with Crippen LogP contribution in [0, 0.1) is 17.0 Å². The molecule has 7 nitrogen and oxygen atoms in total. The molecule has 1 heterocycles. The van der Waals surface area contributed by atoms with E-state index in [0.29, 0.717) is 27.8 Å². The van der Waals surface area contributed by atoms with Crippen molar-refractivity contribution < 1.29 is 19.2 Å². The number of aryl methyl sites for hydroxylation is 1. The van der Waals surface area contributed by atoms with E-state index < -0.39 is 4.92 Å². The molecule has 0 bridgehead atoms. The minimum Gasteiger partial charge on any atom is -0.493 e. The Bertz CT molecular complexity index is 772. The lowest BCUT2D eigenvalue weighted by atomic mass is 10.2. The molecule has 24 heavy (non-hydrogen) atoms. The summed E-state index contributed by atoms with van der Waals surface area (Å²) in [7, 11) is 4.75. The van der Waals surface area contributed by atoms with Crippen LogP contribution in [0.2, 0.25) is 0 Å². The molecule has 0 unspecified atom stereocenters. The number of thiophene rings is 1. The monoisotopic (exact) mass is 350 g/mol. The predicted molar refractivity (Wildman–Crippen MR) is 91.1 cm³/mol. The van der Waals surface area contributed by atoms with E-state index in [9.17, 15) is 14.9 Å². The third-order valence-electron chi connectivity index (χ3n) is 3.51. The van der Waals surface area contributed by atoms with Crippen LogP contribution in [0.25, 0.3) is 0 Å². The molecule has 0 saturated carbocycles. The van der Waals surface area contributed by atoms with Crippen molar-refractivity contribution in [2.24, 2.45) is 0 Å². The number of methoxy groups -OCH3 is 2. The van der Waals surface area contributed by atoms with Crippen molar-refractivity contribution in [1.29, 1.82) is 0 Å². The first-order chi connectivity index (χ1) is 11.4. The smallest absolute Gasteiger partial charge is 0.283 e. The maximum atomic E-state index is 12.5. The Morgan fingerprint density at radius 2 is 1.92 bits per heavy atom.